The number of aliphatic hydroxyl groups is 1. The van der Waals surface area contributed by atoms with E-state index >= 15 is 0 Å². The summed E-state index contributed by atoms with van der Waals surface area (Å²) in [5.41, 5.74) is 1.72. The molecule has 0 aromatic heterocycles. The van der Waals surface area contributed by atoms with Gasteiger partial charge in [-0.25, -0.2) is 9.59 Å². The first-order valence-electron chi connectivity index (χ1n) is 14.7. The zero-order valence-corrected chi connectivity index (χ0v) is 25.2. The third-order valence-electron chi connectivity index (χ3n) is 8.03. The molecule has 0 radical (unpaired) electrons. The van der Waals surface area contributed by atoms with E-state index in [1.807, 2.05) is 32.1 Å². The summed E-state index contributed by atoms with van der Waals surface area (Å²) >= 11 is 0. The van der Waals surface area contributed by atoms with Crippen molar-refractivity contribution in [3.8, 4) is 0 Å². The summed E-state index contributed by atoms with van der Waals surface area (Å²) in [7, 11) is 1.32. The van der Waals surface area contributed by atoms with Crippen molar-refractivity contribution in [2.45, 2.75) is 110 Å². The lowest BCUT2D eigenvalue weighted by Crippen LogP contribution is -2.52. The number of esters is 1. The van der Waals surface area contributed by atoms with Crippen LogP contribution in [0.15, 0.2) is 59.8 Å². The minimum absolute atomic E-state index is 0.0226. The molecule has 2 saturated heterocycles. The van der Waals surface area contributed by atoms with Crippen LogP contribution in [0.1, 0.15) is 86.0 Å². The number of allylic oxidation sites excluding steroid dienone is 4. The predicted octanol–water partition coefficient (Wildman–Crippen LogP) is 6.69. The second-order valence-corrected chi connectivity index (χ2v) is 11.5. The molecule has 7 nitrogen and oxygen atoms in total. The molecule has 2 rings (SSSR count). The van der Waals surface area contributed by atoms with Crippen molar-refractivity contribution < 1.29 is 34.0 Å². The second-order valence-electron chi connectivity index (χ2n) is 11.5. The number of unbranched alkanes of at least 4 members (excludes halogenated alkanes) is 1. The second kappa shape index (κ2) is 16.7. The van der Waals surface area contributed by atoms with E-state index in [0.717, 1.165) is 56.9 Å². The maximum atomic E-state index is 11.3. The van der Waals surface area contributed by atoms with Crippen molar-refractivity contribution in [2.75, 3.05) is 7.11 Å². The van der Waals surface area contributed by atoms with Gasteiger partial charge < -0.3 is 24.4 Å². The van der Waals surface area contributed by atoms with Crippen LogP contribution >= 0.6 is 0 Å². The zero-order valence-electron chi connectivity index (χ0n) is 25.2. The van der Waals surface area contributed by atoms with Crippen LogP contribution in [0.4, 0.5) is 0 Å². The maximum absolute atomic E-state index is 11.3. The Hall–Kier alpha value is -2.48. The van der Waals surface area contributed by atoms with Crippen molar-refractivity contribution in [3.63, 3.8) is 0 Å². The molecule has 40 heavy (non-hydrogen) atoms. The van der Waals surface area contributed by atoms with E-state index in [9.17, 15) is 14.7 Å². The van der Waals surface area contributed by atoms with Crippen LogP contribution in [0, 0.1) is 17.8 Å². The van der Waals surface area contributed by atoms with E-state index in [2.05, 4.69) is 24.7 Å². The monoisotopic (exact) mass is 558 g/mol. The third kappa shape index (κ3) is 11.2. The minimum atomic E-state index is -0.948. The minimum Gasteiger partial charge on any atom is -0.478 e. The van der Waals surface area contributed by atoms with E-state index in [-0.39, 0.29) is 18.1 Å². The van der Waals surface area contributed by atoms with Crippen LogP contribution in [-0.4, -0.2) is 53.4 Å². The molecule has 2 N–H and O–H groups in total. The summed E-state index contributed by atoms with van der Waals surface area (Å²) < 4.78 is 18.1. The van der Waals surface area contributed by atoms with Crippen molar-refractivity contribution in [3.05, 3.63) is 59.8 Å². The summed E-state index contributed by atoms with van der Waals surface area (Å²) in [5, 5.41) is 19.5. The summed E-state index contributed by atoms with van der Waals surface area (Å²) in [6, 6.07) is 0. The fourth-order valence-corrected chi connectivity index (χ4v) is 5.28. The highest BCUT2D eigenvalue weighted by molar-refractivity contribution is 5.81. The van der Waals surface area contributed by atoms with Crippen molar-refractivity contribution in [1.29, 1.82) is 0 Å². The molecule has 2 fully saturated rings. The van der Waals surface area contributed by atoms with Crippen LogP contribution < -0.4 is 0 Å². The van der Waals surface area contributed by atoms with Crippen LogP contribution in [-0.2, 0) is 23.8 Å². The SMILES string of the molecule is CCCC[C@H]1CC[C@]2(CC[C@H](C)[C@@H](C/C=C(C)/C=C/[C@H](O)[C@@H](C)/C=C/C(=O)OC)O2)O[C@H]1/C=C/C(C)=C/C(=O)O. The van der Waals surface area contributed by atoms with Crippen molar-refractivity contribution in [2.24, 2.45) is 17.8 Å². The molecule has 224 valence electrons. The Kier molecular flexibility index (Phi) is 14.1. The Morgan fingerprint density at radius 1 is 1.07 bits per heavy atom. The fourth-order valence-electron chi connectivity index (χ4n) is 5.28. The molecule has 0 unspecified atom stereocenters. The van der Waals surface area contributed by atoms with E-state index in [0.29, 0.717) is 17.4 Å². The summed E-state index contributed by atoms with van der Waals surface area (Å²) in [5.74, 6) is -1.44. The van der Waals surface area contributed by atoms with Gasteiger partial charge in [-0.2, -0.15) is 0 Å². The van der Waals surface area contributed by atoms with E-state index < -0.39 is 23.8 Å². The van der Waals surface area contributed by atoms with Gasteiger partial charge in [0.2, 0.25) is 0 Å². The highest BCUT2D eigenvalue weighted by Crippen LogP contribution is 2.45. The number of methoxy groups -OCH3 is 1. The van der Waals surface area contributed by atoms with E-state index in [4.69, 9.17) is 14.6 Å². The molecular formula is C33H50O7. The first-order chi connectivity index (χ1) is 19.0. The first kappa shape index (κ1) is 33.7. The summed E-state index contributed by atoms with van der Waals surface area (Å²) in [4.78, 5) is 22.3. The molecule has 0 bridgehead atoms. The Balaban J connectivity index is 2.07. The number of carboxylic acid groups (broad SMARTS) is 1. The molecule has 0 amide bonds. The van der Waals surface area contributed by atoms with Gasteiger partial charge in [-0.1, -0.05) is 75.6 Å². The average Bonchev–Trinajstić information content (AvgIpc) is 2.92. The molecule has 2 heterocycles. The van der Waals surface area contributed by atoms with Gasteiger partial charge in [0, 0.05) is 30.9 Å². The fraction of sp³-hybridized carbons (Fsp3) is 0.636. The molecule has 7 heteroatoms. The lowest BCUT2D eigenvalue weighted by molar-refractivity contribution is -0.324. The number of rotatable bonds is 13. The van der Waals surface area contributed by atoms with E-state index in [1.54, 1.807) is 19.1 Å². The number of carbonyl (C=O) groups is 2. The van der Waals surface area contributed by atoms with Gasteiger partial charge in [0.25, 0.3) is 0 Å². The zero-order chi connectivity index (χ0) is 29.7. The number of carbonyl (C=O) groups excluding carboxylic acids is 1. The Labute approximate surface area is 240 Å². The van der Waals surface area contributed by atoms with Gasteiger partial charge in [0.05, 0.1) is 25.4 Å². The van der Waals surface area contributed by atoms with Crippen molar-refractivity contribution >= 4 is 11.9 Å². The summed E-state index contributed by atoms with van der Waals surface area (Å²) in [6.07, 6.45) is 20.9. The molecular weight excluding hydrogens is 508 g/mol. The van der Waals surface area contributed by atoms with Crippen LogP contribution in [0.25, 0.3) is 0 Å². The number of aliphatic hydroxyl groups excluding tert-OH is 1. The molecule has 0 aromatic rings. The van der Waals surface area contributed by atoms with Gasteiger partial charge >= 0.3 is 11.9 Å². The molecule has 0 aliphatic carbocycles. The maximum Gasteiger partial charge on any atom is 0.330 e. The highest BCUT2D eigenvalue weighted by atomic mass is 16.7. The molecule has 0 saturated carbocycles. The molecule has 7 atom stereocenters. The van der Waals surface area contributed by atoms with Crippen molar-refractivity contribution in [1.82, 2.24) is 0 Å². The molecule has 2 aliphatic rings. The third-order valence-corrected chi connectivity index (χ3v) is 8.03. The number of carboxylic acids is 1. The van der Waals surface area contributed by atoms with Gasteiger partial charge in [-0.15, -0.1) is 0 Å². The normalized spacial score (nSPS) is 29.9. The number of hydrogen-bond donors (Lipinski definition) is 2. The van der Waals surface area contributed by atoms with E-state index in [1.165, 1.54) is 19.3 Å². The quantitative estimate of drug-likeness (QED) is 0.147. The molecule has 0 aromatic carbocycles. The smallest absolute Gasteiger partial charge is 0.330 e. The molecule has 2 aliphatic heterocycles. The standard InChI is InChI=1S/C33H50O7/c1-7-8-9-27-19-21-33(40-30(27)16-12-24(3)22-31(35)36)20-18-26(5)29(39-33)15-11-23(2)10-14-28(34)25(4)13-17-32(37)38-6/h10-14,16-17,22,25-30,34H,7-9,15,18-21H2,1-6H3,(H,35,36)/b14-10+,16-12+,17-13+,23-11+,24-22+/t25-,26-,27-,28-,29+,30-,33-/m0/s1. The molecule has 1 spiro atoms. The average molecular weight is 559 g/mol. The largest absolute Gasteiger partial charge is 0.478 e. The number of hydrogen-bond acceptors (Lipinski definition) is 6. The number of ether oxygens (including phenoxy) is 3. The van der Waals surface area contributed by atoms with Gasteiger partial charge in [-0.3, -0.25) is 0 Å². The number of aliphatic carboxylic acids is 1. The van der Waals surface area contributed by atoms with Crippen LogP contribution in [0.2, 0.25) is 0 Å². The Morgan fingerprint density at radius 3 is 2.48 bits per heavy atom. The predicted molar refractivity (Wildman–Crippen MR) is 157 cm³/mol. The van der Waals surface area contributed by atoms with Gasteiger partial charge in [0.1, 0.15) is 0 Å². The Bertz CT molecular complexity index is 975. The van der Waals surface area contributed by atoms with Gasteiger partial charge in [0.15, 0.2) is 5.79 Å². The topological polar surface area (TPSA) is 102 Å². The lowest BCUT2D eigenvalue weighted by Gasteiger charge is -2.49. The van der Waals surface area contributed by atoms with Crippen LogP contribution in [0.5, 0.6) is 0 Å². The summed E-state index contributed by atoms with van der Waals surface area (Å²) in [6.45, 7) is 10.1. The lowest BCUT2D eigenvalue weighted by atomic mass is 9.81. The van der Waals surface area contributed by atoms with Crippen LogP contribution in [0.3, 0.4) is 0 Å². The van der Waals surface area contributed by atoms with Gasteiger partial charge in [-0.05, 0) is 56.9 Å². The highest BCUT2D eigenvalue weighted by Gasteiger charge is 2.46. The Morgan fingerprint density at radius 2 is 1.80 bits per heavy atom. The first-order valence-corrected chi connectivity index (χ1v) is 14.7.